The Morgan fingerprint density at radius 1 is 1.21 bits per heavy atom. The zero-order chi connectivity index (χ0) is 10.8. The third-order valence-corrected chi connectivity index (χ3v) is 1.31. The van der Waals surface area contributed by atoms with Gasteiger partial charge in [-0.25, -0.2) is 0 Å². The van der Waals surface area contributed by atoms with Crippen molar-refractivity contribution in [3.8, 4) is 0 Å². The fourth-order valence-corrected chi connectivity index (χ4v) is 0.778. The van der Waals surface area contributed by atoms with Crippen molar-refractivity contribution in [3.63, 3.8) is 0 Å². The van der Waals surface area contributed by atoms with Gasteiger partial charge in [-0.15, -0.1) is 0 Å². The molecule has 1 heteroatoms. The molecule has 0 aromatic heterocycles. The number of carbonyl (C=O) groups is 1. The van der Waals surface area contributed by atoms with E-state index in [1.807, 2.05) is 36.4 Å². The Kier molecular flexibility index (Phi) is 7.43. The normalized spacial score (nSPS) is 9.36. The lowest BCUT2D eigenvalue weighted by molar-refractivity contribution is -0.112. The van der Waals surface area contributed by atoms with Gasteiger partial charge >= 0.3 is 0 Å². The van der Waals surface area contributed by atoms with Crippen LogP contribution in [0.4, 0.5) is 0 Å². The van der Waals surface area contributed by atoms with E-state index in [4.69, 9.17) is 0 Å². The van der Waals surface area contributed by atoms with E-state index in [9.17, 15) is 4.79 Å². The van der Waals surface area contributed by atoms with Crippen LogP contribution >= 0.6 is 0 Å². The molecule has 0 aliphatic heterocycles. The van der Waals surface area contributed by atoms with Crippen LogP contribution < -0.4 is 0 Å². The number of hydrogen-bond acceptors (Lipinski definition) is 1. The summed E-state index contributed by atoms with van der Waals surface area (Å²) < 4.78 is 0. The molecular formula is C13H18O. The average Bonchev–Trinajstić information content (AvgIpc) is 2.18. The number of allylic oxidation sites excluding steroid dienone is 1. The van der Waals surface area contributed by atoms with E-state index in [0.29, 0.717) is 0 Å². The molecule has 0 bridgehead atoms. The van der Waals surface area contributed by atoms with Gasteiger partial charge in [0.25, 0.3) is 0 Å². The molecule has 0 unspecified atom stereocenters. The quantitative estimate of drug-likeness (QED) is 0.650. The summed E-state index contributed by atoms with van der Waals surface area (Å²) in [5, 5.41) is 0. The Bertz CT molecular complexity index is 273. The molecular weight excluding hydrogens is 172 g/mol. The summed E-state index contributed by atoms with van der Waals surface area (Å²) in [6.45, 7) is 5.79. The van der Waals surface area contributed by atoms with Gasteiger partial charge in [-0.05, 0) is 18.6 Å². The molecule has 0 saturated carbocycles. The number of rotatable bonds is 2. The molecule has 0 atom stereocenters. The van der Waals surface area contributed by atoms with Gasteiger partial charge in [0, 0.05) is 0 Å². The standard InChI is InChI=1S/C10H10O.C3H8/c1-9(11)7-8-10-5-3-2-4-6-10;1-3-2/h2-8H,1H3;3H2,1-2H3/b8-7+;. The SMILES string of the molecule is CC(=O)/C=C/c1ccccc1.CCC. The molecule has 1 rings (SSSR count). The second-order valence-electron chi connectivity index (χ2n) is 3.06. The van der Waals surface area contributed by atoms with Crippen molar-refractivity contribution in [2.75, 3.05) is 0 Å². The Morgan fingerprint density at radius 3 is 2.14 bits per heavy atom. The first kappa shape index (κ1) is 12.6. The average molecular weight is 190 g/mol. The van der Waals surface area contributed by atoms with Gasteiger partial charge in [-0.2, -0.15) is 0 Å². The van der Waals surface area contributed by atoms with Crippen LogP contribution in [-0.2, 0) is 4.79 Å². The smallest absolute Gasteiger partial charge is 0.152 e. The zero-order valence-electron chi connectivity index (χ0n) is 9.16. The van der Waals surface area contributed by atoms with Crippen LogP contribution in [0, 0.1) is 0 Å². The summed E-state index contributed by atoms with van der Waals surface area (Å²) in [4.78, 5) is 10.5. The fraction of sp³-hybridized carbons (Fsp3) is 0.308. The highest BCUT2D eigenvalue weighted by molar-refractivity contribution is 5.91. The zero-order valence-corrected chi connectivity index (χ0v) is 9.16. The maximum Gasteiger partial charge on any atom is 0.152 e. The van der Waals surface area contributed by atoms with Gasteiger partial charge in [0.15, 0.2) is 5.78 Å². The molecule has 0 N–H and O–H groups in total. The van der Waals surface area contributed by atoms with E-state index in [0.717, 1.165) is 5.56 Å². The maximum atomic E-state index is 10.5. The first-order valence-electron chi connectivity index (χ1n) is 4.94. The lowest BCUT2D eigenvalue weighted by Crippen LogP contribution is -1.79. The van der Waals surface area contributed by atoms with Crippen molar-refractivity contribution >= 4 is 11.9 Å². The topological polar surface area (TPSA) is 17.1 Å². The summed E-state index contributed by atoms with van der Waals surface area (Å²) in [6, 6.07) is 9.75. The van der Waals surface area contributed by atoms with Gasteiger partial charge < -0.3 is 0 Å². The summed E-state index contributed by atoms with van der Waals surface area (Å²) >= 11 is 0. The molecule has 0 saturated heterocycles. The van der Waals surface area contributed by atoms with Crippen LogP contribution in [0.3, 0.4) is 0 Å². The number of benzene rings is 1. The second kappa shape index (κ2) is 8.24. The summed E-state index contributed by atoms with van der Waals surface area (Å²) in [5.41, 5.74) is 1.06. The van der Waals surface area contributed by atoms with E-state index in [2.05, 4.69) is 13.8 Å². The van der Waals surface area contributed by atoms with E-state index in [1.165, 1.54) is 6.42 Å². The Morgan fingerprint density at radius 2 is 1.71 bits per heavy atom. The number of hydrogen-bond donors (Lipinski definition) is 0. The van der Waals surface area contributed by atoms with Crippen molar-refractivity contribution in [3.05, 3.63) is 42.0 Å². The first-order chi connectivity index (χ1) is 6.70. The summed E-state index contributed by atoms with van der Waals surface area (Å²) in [5.74, 6) is 0.0776. The Labute approximate surface area is 86.5 Å². The lowest BCUT2D eigenvalue weighted by Gasteiger charge is -1.88. The van der Waals surface area contributed by atoms with Gasteiger partial charge in [0.2, 0.25) is 0 Å². The molecule has 1 nitrogen and oxygen atoms in total. The van der Waals surface area contributed by atoms with Crippen molar-refractivity contribution in [1.29, 1.82) is 0 Å². The van der Waals surface area contributed by atoms with Crippen LogP contribution in [0.5, 0.6) is 0 Å². The van der Waals surface area contributed by atoms with E-state index in [1.54, 1.807) is 13.0 Å². The molecule has 0 amide bonds. The summed E-state index contributed by atoms with van der Waals surface area (Å²) in [6.07, 6.45) is 4.62. The van der Waals surface area contributed by atoms with Crippen molar-refractivity contribution < 1.29 is 4.79 Å². The minimum Gasteiger partial charge on any atom is -0.295 e. The Balaban J connectivity index is 0.000000500. The van der Waals surface area contributed by atoms with E-state index >= 15 is 0 Å². The maximum absolute atomic E-state index is 10.5. The highest BCUT2D eigenvalue weighted by Gasteiger charge is 1.83. The van der Waals surface area contributed by atoms with Gasteiger partial charge in [-0.3, -0.25) is 4.79 Å². The molecule has 0 fully saturated rings. The predicted molar refractivity (Wildman–Crippen MR) is 62.1 cm³/mol. The second-order valence-corrected chi connectivity index (χ2v) is 3.06. The predicted octanol–water partition coefficient (Wildman–Crippen LogP) is 3.71. The first-order valence-corrected chi connectivity index (χ1v) is 4.94. The monoisotopic (exact) mass is 190 g/mol. The third-order valence-electron chi connectivity index (χ3n) is 1.31. The van der Waals surface area contributed by atoms with Gasteiger partial charge in [-0.1, -0.05) is 56.7 Å². The van der Waals surface area contributed by atoms with Crippen LogP contribution in [0.15, 0.2) is 36.4 Å². The van der Waals surface area contributed by atoms with Gasteiger partial charge in [0.1, 0.15) is 0 Å². The van der Waals surface area contributed by atoms with E-state index in [-0.39, 0.29) is 5.78 Å². The molecule has 1 aromatic rings. The molecule has 0 heterocycles. The summed E-state index contributed by atoms with van der Waals surface area (Å²) in [7, 11) is 0. The molecule has 76 valence electrons. The lowest BCUT2D eigenvalue weighted by atomic mass is 10.2. The minimum absolute atomic E-state index is 0.0776. The van der Waals surface area contributed by atoms with Crippen LogP contribution in [-0.4, -0.2) is 5.78 Å². The molecule has 0 aliphatic rings. The highest BCUT2D eigenvalue weighted by Crippen LogP contribution is 2.00. The third kappa shape index (κ3) is 7.29. The molecule has 0 spiro atoms. The molecule has 14 heavy (non-hydrogen) atoms. The minimum atomic E-state index is 0.0776. The highest BCUT2D eigenvalue weighted by atomic mass is 16.1. The molecule has 0 aliphatic carbocycles. The fourth-order valence-electron chi connectivity index (χ4n) is 0.778. The van der Waals surface area contributed by atoms with Crippen molar-refractivity contribution in [2.45, 2.75) is 27.2 Å². The number of ketones is 1. The Hall–Kier alpha value is -1.37. The van der Waals surface area contributed by atoms with Crippen molar-refractivity contribution in [2.24, 2.45) is 0 Å². The van der Waals surface area contributed by atoms with Crippen LogP contribution in [0.1, 0.15) is 32.8 Å². The largest absolute Gasteiger partial charge is 0.295 e. The van der Waals surface area contributed by atoms with E-state index < -0.39 is 0 Å². The van der Waals surface area contributed by atoms with Gasteiger partial charge in [0.05, 0.1) is 0 Å². The van der Waals surface area contributed by atoms with Crippen LogP contribution in [0.25, 0.3) is 6.08 Å². The van der Waals surface area contributed by atoms with Crippen molar-refractivity contribution in [1.82, 2.24) is 0 Å². The number of carbonyl (C=O) groups excluding carboxylic acids is 1. The molecule has 0 radical (unpaired) electrons. The molecule has 1 aromatic carbocycles. The van der Waals surface area contributed by atoms with Crippen LogP contribution in [0.2, 0.25) is 0 Å².